The van der Waals surface area contributed by atoms with Crippen molar-refractivity contribution in [3.8, 4) is 0 Å². The van der Waals surface area contributed by atoms with E-state index in [9.17, 15) is 14.0 Å². The van der Waals surface area contributed by atoms with Crippen LogP contribution in [-0.4, -0.2) is 26.1 Å². The van der Waals surface area contributed by atoms with E-state index in [1.165, 1.54) is 25.3 Å². The van der Waals surface area contributed by atoms with Crippen molar-refractivity contribution < 1.29 is 18.7 Å². The number of anilines is 1. The average Bonchev–Trinajstić information content (AvgIpc) is 2.37. The molecule has 0 saturated heterocycles. The average molecular weight is 261 g/mol. The van der Waals surface area contributed by atoms with E-state index in [1.807, 2.05) is 0 Å². The monoisotopic (exact) mass is 261 g/mol. The summed E-state index contributed by atoms with van der Waals surface area (Å²) >= 11 is 0. The standard InChI is InChI=1S/C14H12FNO3/c1-8-4-10(15)6-11-9(7-17)5-12(14(18)19-3)16(2)13(8)11/h4-6H,1-3H3. The third-order valence-corrected chi connectivity index (χ3v) is 3.04. The number of allylic oxidation sites excluding steroid dienone is 2. The smallest absolute Gasteiger partial charge is 0.354 e. The number of aryl methyl sites for hydroxylation is 1. The maximum atomic E-state index is 13.4. The molecular formula is C14H12FNO3. The Kier molecular flexibility index (Phi) is 3.23. The summed E-state index contributed by atoms with van der Waals surface area (Å²) in [5.41, 5.74) is 1.99. The second-order valence-corrected chi connectivity index (χ2v) is 4.21. The Morgan fingerprint density at radius 1 is 1.42 bits per heavy atom. The fraction of sp³-hybridized carbons (Fsp3) is 0.214. The van der Waals surface area contributed by atoms with Crippen molar-refractivity contribution in [2.24, 2.45) is 0 Å². The first-order chi connectivity index (χ1) is 8.99. The minimum atomic E-state index is -0.565. The molecule has 0 atom stereocenters. The highest BCUT2D eigenvalue weighted by atomic mass is 19.1. The van der Waals surface area contributed by atoms with Gasteiger partial charge in [-0.25, -0.2) is 14.0 Å². The third-order valence-electron chi connectivity index (χ3n) is 3.04. The molecule has 0 radical (unpaired) electrons. The summed E-state index contributed by atoms with van der Waals surface area (Å²) < 4.78 is 18.1. The number of likely N-dealkylation sites (N-methyl/N-ethyl adjacent to an activating group) is 1. The summed E-state index contributed by atoms with van der Waals surface area (Å²) in [6.07, 6.45) is 1.35. The van der Waals surface area contributed by atoms with E-state index in [-0.39, 0.29) is 11.3 Å². The van der Waals surface area contributed by atoms with E-state index >= 15 is 0 Å². The number of carbonyl (C=O) groups excluding carboxylic acids is 2. The highest BCUT2D eigenvalue weighted by Crippen LogP contribution is 2.37. The molecule has 0 amide bonds. The molecule has 2 rings (SSSR count). The summed E-state index contributed by atoms with van der Waals surface area (Å²) in [4.78, 5) is 24.3. The first kappa shape index (κ1) is 13.1. The van der Waals surface area contributed by atoms with Gasteiger partial charge in [0.15, 0.2) is 0 Å². The van der Waals surface area contributed by atoms with Crippen LogP contribution in [0.2, 0.25) is 0 Å². The van der Waals surface area contributed by atoms with Gasteiger partial charge in [0.1, 0.15) is 17.5 Å². The maximum absolute atomic E-state index is 13.4. The summed E-state index contributed by atoms with van der Waals surface area (Å²) in [7, 11) is 2.92. The van der Waals surface area contributed by atoms with E-state index < -0.39 is 11.8 Å². The van der Waals surface area contributed by atoms with Crippen LogP contribution < -0.4 is 4.90 Å². The van der Waals surface area contributed by atoms with Gasteiger partial charge in [0, 0.05) is 12.6 Å². The van der Waals surface area contributed by atoms with Crippen LogP contribution in [0.1, 0.15) is 11.1 Å². The number of hydrogen-bond donors (Lipinski definition) is 0. The summed E-state index contributed by atoms with van der Waals surface area (Å²) in [6.45, 7) is 1.71. The van der Waals surface area contributed by atoms with Crippen LogP contribution >= 0.6 is 0 Å². The Hall–Kier alpha value is -2.39. The highest BCUT2D eigenvalue weighted by molar-refractivity contribution is 6.07. The van der Waals surface area contributed by atoms with Crippen molar-refractivity contribution in [3.63, 3.8) is 0 Å². The summed E-state index contributed by atoms with van der Waals surface area (Å²) in [5.74, 6) is 0.730. The molecule has 0 N–H and O–H groups in total. The van der Waals surface area contributed by atoms with Gasteiger partial charge in [0.25, 0.3) is 0 Å². The number of benzene rings is 1. The SMILES string of the molecule is COC(=O)C1=CC(=C=O)c2cc(F)cc(C)c2N1C. The zero-order chi connectivity index (χ0) is 14.2. The van der Waals surface area contributed by atoms with Crippen LogP contribution in [0.25, 0.3) is 5.57 Å². The zero-order valence-electron chi connectivity index (χ0n) is 10.8. The Labute approximate surface area is 109 Å². The van der Waals surface area contributed by atoms with Crippen LogP contribution in [0.3, 0.4) is 0 Å². The number of nitrogens with zero attached hydrogens (tertiary/aromatic N) is 1. The van der Waals surface area contributed by atoms with E-state index in [1.54, 1.807) is 24.8 Å². The highest BCUT2D eigenvalue weighted by Gasteiger charge is 2.27. The Balaban J connectivity index is 2.71. The molecule has 1 aromatic rings. The summed E-state index contributed by atoms with van der Waals surface area (Å²) in [5, 5.41) is 0. The topological polar surface area (TPSA) is 46.6 Å². The predicted molar refractivity (Wildman–Crippen MR) is 68.7 cm³/mol. The van der Waals surface area contributed by atoms with Crippen LogP contribution in [0.15, 0.2) is 23.9 Å². The van der Waals surface area contributed by atoms with Gasteiger partial charge in [-0.15, -0.1) is 0 Å². The van der Waals surface area contributed by atoms with Gasteiger partial charge in [-0.05, 0) is 30.7 Å². The number of esters is 1. The molecular weight excluding hydrogens is 249 g/mol. The molecule has 1 aliphatic heterocycles. The molecule has 4 nitrogen and oxygen atoms in total. The minimum Gasteiger partial charge on any atom is -0.464 e. The Morgan fingerprint density at radius 2 is 2.11 bits per heavy atom. The molecule has 0 unspecified atom stereocenters. The molecule has 0 saturated carbocycles. The van der Waals surface area contributed by atoms with Crippen LogP contribution in [0.4, 0.5) is 10.1 Å². The number of hydrogen-bond acceptors (Lipinski definition) is 4. The van der Waals surface area contributed by atoms with Gasteiger partial charge in [-0.1, -0.05) is 0 Å². The Morgan fingerprint density at radius 3 is 2.68 bits per heavy atom. The molecule has 0 spiro atoms. The van der Waals surface area contributed by atoms with Crippen molar-refractivity contribution in [3.05, 3.63) is 40.8 Å². The molecule has 0 fully saturated rings. The van der Waals surface area contributed by atoms with Gasteiger partial charge in [0.05, 0.1) is 18.4 Å². The van der Waals surface area contributed by atoms with Crippen LogP contribution in [0, 0.1) is 12.7 Å². The fourth-order valence-corrected chi connectivity index (χ4v) is 2.20. The van der Waals surface area contributed by atoms with Crippen LogP contribution in [0.5, 0.6) is 0 Å². The molecule has 0 aromatic heterocycles. The zero-order valence-corrected chi connectivity index (χ0v) is 10.8. The lowest BCUT2D eigenvalue weighted by Gasteiger charge is -2.29. The van der Waals surface area contributed by atoms with Crippen molar-refractivity contribution >= 4 is 23.2 Å². The van der Waals surface area contributed by atoms with E-state index in [4.69, 9.17) is 0 Å². The lowest BCUT2D eigenvalue weighted by molar-refractivity contribution is -0.136. The number of fused-ring (bicyclic) bond motifs is 1. The van der Waals surface area contributed by atoms with E-state index in [0.29, 0.717) is 16.8 Å². The van der Waals surface area contributed by atoms with E-state index in [2.05, 4.69) is 4.74 Å². The second kappa shape index (κ2) is 4.71. The Bertz CT molecular complexity index is 642. The first-order valence-electron chi connectivity index (χ1n) is 5.59. The van der Waals surface area contributed by atoms with Crippen LogP contribution in [-0.2, 0) is 14.3 Å². The number of carbonyl (C=O) groups is 1. The van der Waals surface area contributed by atoms with Gasteiger partial charge in [0.2, 0.25) is 0 Å². The lowest BCUT2D eigenvalue weighted by Crippen LogP contribution is -2.28. The molecule has 1 aliphatic rings. The minimum absolute atomic E-state index is 0.135. The molecule has 0 aliphatic carbocycles. The van der Waals surface area contributed by atoms with Crippen molar-refractivity contribution in [1.82, 2.24) is 0 Å². The molecule has 5 heteroatoms. The van der Waals surface area contributed by atoms with Crippen molar-refractivity contribution in [2.75, 3.05) is 19.1 Å². The first-order valence-corrected chi connectivity index (χ1v) is 5.59. The van der Waals surface area contributed by atoms with Crippen molar-refractivity contribution in [2.45, 2.75) is 6.92 Å². The molecule has 98 valence electrons. The van der Waals surface area contributed by atoms with Gasteiger partial charge in [-0.3, -0.25) is 0 Å². The lowest BCUT2D eigenvalue weighted by atomic mass is 9.95. The quantitative estimate of drug-likeness (QED) is 0.572. The fourth-order valence-electron chi connectivity index (χ4n) is 2.20. The molecule has 0 bridgehead atoms. The van der Waals surface area contributed by atoms with Gasteiger partial charge < -0.3 is 9.64 Å². The van der Waals surface area contributed by atoms with Crippen molar-refractivity contribution in [1.29, 1.82) is 0 Å². The van der Waals surface area contributed by atoms with Gasteiger partial charge >= 0.3 is 5.97 Å². The number of rotatable bonds is 1. The number of methoxy groups -OCH3 is 1. The number of ether oxygens (including phenoxy) is 1. The number of halogens is 1. The second-order valence-electron chi connectivity index (χ2n) is 4.21. The maximum Gasteiger partial charge on any atom is 0.354 e. The van der Waals surface area contributed by atoms with Gasteiger partial charge in [-0.2, -0.15) is 0 Å². The normalized spacial score (nSPS) is 13.6. The summed E-state index contributed by atoms with van der Waals surface area (Å²) in [6, 6.07) is 2.60. The predicted octanol–water partition coefficient (Wildman–Crippen LogP) is 1.86. The molecule has 19 heavy (non-hydrogen) atoms. The third kappa shape index (κ3) is 2.04. The van der Waals surface area contributed by atoms with E-state index in [0.717, 1.165) is 0 Å². The molecule has 1 aromatic carbocycles. The largest absolute Gasteiger partial charge is 0.464 e. The molecule has 1 heterocycles.